The minimum absolute atomic E-state index is 0. The second kappa shape index (κ2) is 4.41. The lowest BCUT2D eigenvalue weighted by molar-refractivity contribution is 0.0425. The largest absolute Gasteiger partial charge is 0.446 e. The number of carbonyl (C=O) groups excluding carboxylic acids is 1. The quantitative estimate of drug-likeness (QED) is 0.608. The van der Waals surface area contributed by atoms with E-state index < -0.39 is 0 Å². The van der Waals surface area contributed by atoms with Gasteiger partial charge in [-0.05, 0) is 12.8 Å². The maximum absolute atomic E-state index is 10.5. The molecule has 0 aromatic carbocycles. The normalized spacial score (nSPS) is 27.8. The van der Waals surface area contributed by atoms with Crippen LogP contribution in [0.1, 0.15) is 12.8 Å². The van der Waals surface area contributed by atoms with Gasteiger partial charge in [-0.2, -0.15) is 0 Å². The van der Waals surface area contributed by atoms with Crippen LogP contribution in [0.15, 0.2) is 0 Å². The van der Waals surface area contributed by atoms with Gasteiger partial charge in [0.05, 0.1) is 0 Å². The van der Waals surface area contributed by atoms with Crippen LogP contribution in [-0.2, 0) is 4.74 Å². The summed E-state index contributed by atoms with van der Waals surface area (Å²) in [6.45, 7) is 0. The van der Waals surface area contributed by atoms with E-state index in [0.717, 1.165) is 12.8 Å². The van der Waals surface area contributed by atoms with E-state index in [4.69, 9.17) is 10.5 Å². The summed E-state index contributed by atoms with van der Waals surface area (Å²) in [4.78, 5) is 10.5. The Hall–Kier alpha value is -0.480. The van der Waals surface area contributed by atoms with Crippen LogP contribution in [-0.4, -0.2) is 25.3 Å². The number of rotatable bonds is 1. The molecule has 3 N–H and O–H groups in total. The summed E-state index contributed by atoms with van der Waals surface area (Å²) in [5.41, 5.74) is 5.47. The first-order valence-electron chi connectivity index (χ1n) is 3.36. The van der Waals surface area contributed by atoms with Crippen molar-refractivity contribution in [2.75, 3.05) is 7.05 Å². The molecule has 0 aliphatic heterocycles. The predicted octanol–water partition coefficient (Wildman–Crippen LogP) is 0.254. The monoisotopic (exact) mass is 180 g/mol. The van der Waals surface area contributed by atoms with E-state index in [1.165, 1.54) is 0 Å². The summed E-state index contributed by atoms with van der Waals surface area (Å²) in [6, 6.07) is 0.231. The van der Waals surface area contributed by atoms with Crippen LogP contribution in [0, 0.1) is 0 Å². The van der Waals surface area contributed by atoms with E-state index in [9.17, 15) is 4.79 Å². The maximum Gasteiger partial charge on any atom is 0.407 e. The Morgan fingerprint density at radius 1 is 1.64 bits per heavy atom. The fraction of sp³-hybridized carbons (Fsp3) is 0.833. The van der Waals surface area contributed by atoms with Crippen molar-refractivity contribution >= 4 is 18.5 Å². The number of hydrogen-bond acceptors (Lipinski definition) is 3. The number of halogens is 1. The van der Waals surface area contributed by atoms with Gasteiger partial charge in [-0.25, -0.2) is 4.79 Å². The molecule has 0 unspecified atom stereocenters. The van der Waals surface area contributed by atoms with Crippen LogP contribution < -0.4 is 11.1 Å². The van der Waals surface area contributed by atoms with E-state index >= 15 is 0 Å². The predicted molar refractivity (Wildman–Crippen MR) is 43.8 cm³/mol. The van der Waals surface area contributed by atoms with Crippen molar-refractivity contribution in [3.63, 3.8) is 0 Å². The van der Waals surface area contributed by atoms with Crippen molar-refractivity contribution in [2.45, 2.75) is 25.0 Å². The smallest absolute Gasteiger partial charge is 0.407 e. The minimum Gasteiger partial charge on any atom is -0.446 e. The zero-order chi connectivity index (χ0) is 7.56. The molecule has 0 heterocycles. The number of amides is 1. The Labute approximate surface area is 71.9 Å². The summed E-state index contributed by atoms with van der Waals surface area (Å²) in [5, 5.41) is 2.38. The summed E-state index contributed by atoms with van der Waals surface area (Å²) >= 11 is 0. The van der Waals surface area contributed by atoms with Crippen molar-refractivity contribution in [3.8, 4) is 0 Å². The van der Waals surface area contributed by atoms with Gasteiger partial charge in [0, 0.05) is 13.1 Å². The third kappa shape index (κ3) is 2.95. The second-order valence-corrected chi connectivity index (χ2v) is 2.51. The molecule has 1 fully saturated rings. The molecule has 0 aromatic heterocycles. The number of alkyl carbamates (subject to hydrolysis) is 1. The number of carbonyl (C=O) groups is 1. The standard InChI is InChI=1S/C6H12N2O2.ClH/c1-8-6(9)10-5-2-4(7)3-5;/h4-5H,2-3,7H2,1H3,(H,8,9);1H. The minimum atomic E-state index is -0.364. The Morgan fingerprint density at radius 3 is 2.55 bits per heavy atom. The van der Waals surface area contributed by atoms with Gasteiger partial charge in [0.2, 0.25) is 0 Å². The molecule has 1 rings (SSSR count). The van der Waals surface area contributed by atoms with E-state index in [0.29, 0.717) is 0 Å². The van der Waals surface area contributed by atoms with Crippen molar-refractivity contribution in [3.05, 3.63) is 0 Å². The van der Waals surface area contributed by atoms with Crippen LogP contribution in [0.3, 0.4) is 0 Å². The lowest BCUT2D eigenvalue weighted by atomic mass is 9.90. The fourth-order valence-corrected chi connectivity index (χ4v) is 0.913. The zero-order valence-corrected chi connectivity index (χ0v) is 7.19. The summed E-state index contributed by atoms with van der Waals surface area (Å²) in [6.07, 6.45) is 1.28. The van der Waals surface area contributed by atoms with Crippen molar-refractivity contribution in [1.29, 1.82) is 0 Å². The molecule has 0 aromatic rings. The first kappa shape index (κ1) is 10.5. The molecule has 0 saturated heterocycles. The molecule has 5 heteroatoms. The van der Waals surface area contributed by atoms with Crippen LogP contribution in [0.2, 0.25) is 0 Å². The molecule has 1 saturated carbocycles. The Kier molecular flexibility index (Phi) is 4.22. The van der Waals surface area contributed by atoms with E-state index in [2.05, 4.69) is 5.32 Å². The fourth-order valence-electron chi connectivity index (χ4n) is 0.913. The van der Waals surface area contributed by atoms with Crippen LogP contribution in [0.4, 0.5) is 4.79 Å². The first-order chi connectivity index (χ1) is 4.72. The van der Waals surface area contributed by atoms with Crippen LogP contribution in [0.25, 0.3) is 0 Å². The summed E-state index contributed by atoms with van der Waals surface area (Å²) in [5.74, 6) is 0. The number of hydrogen-bond donors (Lipinski definition) is 2. The highest BCUT2D eigenvalue weighted by Gasteiger charge is 2.28. The molecule has 1 aliphatic carbocycles. The molecule has 1 aliphatic rings. The zero-order valence-electron chi connectivity index (χ0n) is 6.37. The maximum atomic E-state index is 10.5. The van der Waals surface area contributed by atoms with Crippen molar-refractivity contribution in [1.82, 2.24) is 5.32 Å². The topological polar surface area (TPSA) is 64.3 Å². The molecule has 0 bridgehead atoms. The van der Waals surface area contributed by atoms with Gasteiger partial charge in [0.25, 0.3) is 0 Å². The third-order valence-electron chi connectivity index (χ3n) is 1.61. The highest BCUT2D eigenvalue weighted by molar-refractivity contribution is 5.85. The Morgan fingerprint density at radius 2 is 2.18 bits per heavy atom. The van der Waals surface area contributed by atoms with Gasteiger partial charge in [0.15, 0.2) is 0 Å². The molecule has 11 heavy (non-hydrogen) atoms. The molecular formula is C6H13ClN2O2. The lowest BCUT2D eigenvalue weighted by Crippen LogP contribution is -2.43. The Bertz CT molecular complexity index is 137. The highest BCUT2D eigenvalue weighted by atomic mass is 35.5. The highest BCUT2D eigenvalue weighted by Crippen LogP contribution is 2.20. The van der Waals surface area contributed by atoms with Gasteiger partial charge in [0.1, 0.15) is 6.10 Å². The van der Waals surface area contributed by atoms with E-state index in [1.807, 2.05) is 0 Å². The van der Waals surface area contributed by atoms with Gasteiger partial charge < -0.3 is 15.8 Å². The molecular weight excluding hydrogens is 168 g/mol. The molecule has 0 spiro atoms. The number of ether oxygens (including phenoxy) is 1. The van der Waals surface area contributed by atoms with E-state index in [1.54, 1.807) is 7.05 Å². The lowest BCUT2D eigenvalue weighted by Gasteiger charge is -2.31. The molecule has 0 atom stereocenters. The van der Waals surface area contributed by atoms with Crippen molar-refractivity contribution < 1.29 is 9.53 Å². The van der Waals surface area contributed by atoms with Gasteiger partial charge in [-0.3, -0.25) is 0 Å². The first-order valence-corrected chi connectivity index (χ1v) is 3.36. The molecule has 66 valence electrons. The Balaban J connectivity index is 0.000001000. The summed E-state index contributed by atoms with van der Waals surface area (Å²) < 4.78 is 4.88. The van der Waals surface area contributed by atoms with Gasteiger partial charge in [-0.15, -0.1) is 12.4 Å². The van der Waals surface area contributed by atoms with Crippen LogP contribution in [0.5, 0.6) is 0 Å². The average molecular weight is 181 g/mol. The summed E-state index contributed by atoms with van der Waals surface area (Å²) in [7, 11) is 1.54. The van der Waals surface area contributed by atoms with Crippen LogP contribution >= 0.6 is 12.4 Å². The van der Waals surface area contributed by atoms with Gasteiger partial charge in [-0.1, -0.05) is 0 Å². The average Bonchev–Trinajstić information content (AvgIpc) is 1.84. The van der Waals surface area contributed by atoms with Gasteiger partial charge >= 0.3 is 6.09 Å². The van der Waals surface area contributed by atoms with Crippen molar-refractivity contribution in [2.24, 2.45) is 5.73 Å². The number of nitrogens with two attached hydrogens (primary N) is 1. The molecule has 1 amide bonds. The number of nitrogens with one attached hydrogen (secondary N) is 1. The third-order valence-corrected chi connectivity index (χ3v) is 1.61. The van der Waals surface area contributed by atoms with E-state index in [-0.39, 0.29) is 30.6 Å². The molecule has 0 radical (unpaired) electrons. The SMILES string of the molecule is CNC(=O)OC1CC(N)C1.Cl. The molecule has 4 nitrogen and oxygen atoms in total. The second-order valence-electron chi connectivity index (χ2n) is 2.51.